The van der Waals surface area contributed by atoms with Crippen molar-refractivity contribution in [1.29, 1.82) is 0 Å². The van der Waals surface area contributed by atoms with E-state index in [1.807, 2.05) is 6.07 Å². The van der Waals surface area contributed by atoms with Crippen molar-refractivity contribution in [3.8, 4) is 0 Å². The average molecular weight is 287 g/mol. The predicted molar refractivity (Wildman–Crippen MR) is 66.1 cm³/mol. The molecule has 1 aromatic carbocycles. The molecule has 4 heteroatoms. The van der Waals surface area contributed by atoms with Gasteiger partial charge in [0, 0.05) is 6.04 Å². The number of benzene rings is 1. The van der Waals surface area contributed by atoms with E-state index in [-0.39, 0.29) is 11.9 Å². The fraction of sp³-hybridized carbons (Fsp3) is 0.500. The molecule has 1 saturated carbocycles. The largest absolute Gasteiger partial charge is 0.271 e. The second kappa shape index (κ2) is 5.25. The summed E-state index contributed by atoms with van der Waals surface area (Å²) in [5, 5.41) is 0. The second-order valence-electron chi connectivity index (χ2n) is 4.39. The molecule has 0 radical (unpaired) electrons. The van der Waals surface area contributed by atoms with E-state index in [1.54, 1.807) is 6.07 Å². The van der Waals surface area contributed by atoms with E-state index < -0.39 is 0 Å². The molecule has 0 aliphatic heterocycles. The van der Waals surface area contributed by atoms with Crippen LogP contribution in [-0.4, -0.2) is 0 Å². The zero-order chi connectivity index (χ0) is 11.5. The number of hydrogen-bond donors (Lipinski definition) is 2. The van der Waals surface area contributed by atoms with Crippen LogP contribution in [0.2, 0.25) is 0 Å². The third-order valence-electron chi connectivity index (χ3n) is 3.35. The second-order valence-corrected chi connectivity index (χ2v) is 5.19. The van der Waals surface area contributed by atoms with Gasteiger partial charge in [0.25, 0.3) is 0 Å². The van der Waals surface area contributed by atoms with Crippen molar-refractivity contribution < 1.29 is 4.39 Å². The van der Waals surface area contributed by atoms with Gasteiger partial charge in [-0.1, -0.05) is 31.4 Å². The number of nitrogens with one attached hydrogen (secondary N) is 1. The van der Waals surface area contributed by atoms with Gasteiger partial charge in [-0.15, -0.1) is 0 Å². The molecule has 0 saturated heterocycles. The summed E-state index contributed by atoms with van der Waals surface area (Å²) in [6.07, 6.45) is 4.83. The van der Waals surface area contributed by atoms with Crippen LogP contribution in [0.3, 0.4) is 0 Å². The first-order chi connectivity index (χ1) is 7.72. The molecule has 1 aliphatic carbocycles. The van der Waals surface area contributed by atoms with E-state index in [9.17, 15) is 4.39 Å². The normalized spacial score (nSPS) is 18.2. The third-order valence-corrected chi connectivity index (χ3v) is 4.19. The van der Waals surface area contributed by atoms with Gasteiger partial charge in [0.15, 0.2) is 0 Å². The van der Waals surface area contributed by atoms with Gasteiger partial charge in [-0.25, -0.2) is 4.39 Å². The number of halogens is 2. The van der Waals surface area contributed by atoms with Gasteiger partial charge < -0.3 is 0 Å². The third kappa shape index (κ3) is 2.44. The Bertz CT molecular complexity index is 366. The summed E-state index contributed by atoms with van der Waals surface area (Å²) in [6, 6.07) is 5.12. The van der Waals surface area contributed by atoms with Gasteiger partial charge in [-0.3, -0.25) is 11.3 Å². The molecular formula is C12H16BrFN2. The first-order valence-corrected chi connectivity index (χ1v) is 6.41. The molecule has 1 aromatic rings. The highest BCUT2D eigenvalue weighted by molar-refractivity contribution is 9.10. The summed E-state index contributed by atoms with van der Waals surface area (Å²) >= 11 is 3.28. The van der Waals surface area contributed by atoms with Crippen LogP contribution in [0.4, 0.5) is 4.39 Å². The molecule has 16 heavy (non-hydrogen) atoms. The number of rotatable bonds is 4. The van der Waals surface area contributed by atoms with Gasteiger partial charge in [0.05, 0.1) is 4.47 Å². The van der Waals surface area contributed by atoms with Gasteiger partial charge in [0.1, 0.15) is 5.82 Å². The predicted octanol–water partition coefficient (Wildman–Crippen LogP) is 3.28. The van der Waals surface area contributed by atoms with E-state index in [4.69, 9.17) is 5.84 Å². The van der Waals surface area contributed by atoms with E-state index in [2.05, 4.69) is 21.4 Å². The van der Waals surface area contributed by atoms with Crippen LogP contribution in [0.15, 0.2) is 22.7 Å². The Hall–Kier alpha value is -0.450. The first kappa shape index (κ1) is 12.0. The van der Waals surface area contributed by atoms with Crippen molar-refractivity contribution in [3.63, 3.8) is 0 Å². The van der Waals surface area contributed by atoms with Gasteiger partial charge in [0.2, 0.25) is 0 Å². The Morgan fingerprint density at radius 3 is 2.81 bits per heavy atom. The molecule has 3 N–H and O–H groups in total. The summed E-state index contributed by atoms with van der Waals surface area (Å²) in [5.41, 5.74) is 3.70. The lowest BCUT2D eigenvalue weighted by Gasteiger charge is -2.30. The van der Waals surface area contributed by atoms with Gasteiger partial charge in [-0.2, -0.15) is 0 Å². The molecule has 0 heterocycles. The smallest absolute Gasteiger partial charge is 0.137 e. The maximum atomic E-state index is 13.4. The fourth-order valence-electron chi connectivity index (χ4n) is 2.14. The maximum Gasteiger partial charge on any atom is 0.137 e. The number of hydrogen-bond acceptors (Lipinski definition) is 2. The van der Waals surface area contributed by atoms with Gasteiger partial charge >= 0.3 is 0 Å². The van der Waals surface area contributed by atoms with Crippen molar-refractivity contribution >= 4 is 15.9 Å². The molecule has 1 atom stereocenters. The Morgan fingerprint density at radius 1 is 1.50 bits per heavy atom. The lowest BCUT2D eigenvalue weighted by molar-refractivity contribution is 0.261. The van der Waals surface area contributed by atoms with Crippen molar-refractivity contribution in [2.45, 2.75) is 31.7 Å². The monoisotopic (exact) mass is 286 g/mol. The van der Waals surface area contributed by atoms with Crippen molar-refractivity contribution in [3.05, 3.63) is 34.1 Å². The van der Waals surface area contributed by atoms with Crippen LogP contribution >= 0.6 is 15.9 Å². The first-order valence-electron chi connectivity index (χ1n) is 5.62. The highest BCUT2D eigenvalue weighted by Gasteiger charge is 2.24. The molecule has 0 spiro atoms. The summed E-state index contributed by atoms with van der Waals surface area (Å²) in [5.74, 6) is 6.06. The Morgan fingerprint density at radius 2 is 2.25 bits per heavy atom. The molecule has 2 nitrogen and oxygen atoms in total. The quantitative estimate of drug-likeness (QED) is 0.659. The minimum Gasteiger partial charge on any atom is -0.271 e. The SMILES string of the molecule is NNC(CC1CCC1)c1cccc(F)c1Br. The summed E-state index contributed by atoms with van der Waals surface area (Å²) in [7, 11) is 0. The Kier molecular flexibility index (Phi) is 3.95. The molecule has 1 unspecified atom stereocenters. The van der Waals surface area contributed by atoms with Crippen LogP contribution < -0.4 is 11.3 Å². The lowest BCUT2D eigenvalue weighted by atomic mass is 9.80. The average Bonchev–Trinajstić information content (AvgIpc) is 2.22. The molecule has 88 valence electrons. The standard InChI is InChI=1S/C12H16BrFN2/c13-12-9(5-2-6-10(12)14)11(16-15)7-8-3-1-4-8/h2,5-6,8,11,16H,1,3-4,7,15H2. The van der Waals surface area contributed by atoms with E-state index in [0.717, 1.165) is 17.9 Å². The number of nitrogens with two attached hydrogens (primary N) is 1. The van der Waals surface area contributed by atoms with Crippen LogP contribution in [0.5, 0.6) is 0 Å². The fourth-order valence-corrected chi connectivity index (χ4v) is 2.68. The molecule has 2 rings (SSSR count). The van der Waals surface area contributed by atoms with Gasteiger partial charge in [-0.05, 0) is 39.9 Å². The van der Waals surface area contributed by atoms with E-state index >= 15 is 0 Å². The summed E-state index contributed by atoms with van der Waals surface area (Å²) in [6.45, 7) is 0. The minimum absolute atomic E-state index is 0.0374. The van der Waals surface area contributed by atoms with Crippen LogP contribution in [0.25, 0.3) is 0 Å². The zero-order valence-electron chi connectivity index (χ0n) is 9.05. The molecule has 1 fully saturated rings. The maximum absolute atomic E-state index is 13.4. The van der Waals surface area contributed by atoms with Crippen LogP contribution in [0, 0.1) is 11.7 Å². The molecule has 0 amide bonds. The topological polar surface area (TPSA) is 38.0 Å². The van der Waals surface area contributed by atoms with Crippen molar-refractivity contribution in [1.82, 2.24) is 5.43 Å². The highest BCUT2D eigenvalue weighted by atomic mass is 79.9. The number of hydrazine groups is 1. The van der Waals surface area contributed by atoms with Crippen LogP contribution in [-0.2, 0) is 0 Å². The summed E-state index contributed by atoms with van der Waals surface area (Å²) < 4.78 is 13.9. The van der Waals surface area contributed by atoms with Crippen molar-refractivity contribution in [2.75, 3.05) is 0 Å². The minimum atomic E-state index is -0.230. The molecule has 0 aromatic heterocycles. The van der Waals surface area contributed by atoms with E-state index in [0.29, 0.717) is 4.47 Å². The molecule has 0 bridgehead atoms. The highest BCUT2D eigenvalue weighted by Crippen LogP contribution is 2.36. The Balaban J connectivity index is 2.15. The molecule has 1 aliphatic rings. The summed E-state index contributed by atoms with van der Waals surface area (Å²) in [4.78, 5) is 0. The van der Waals surface area contributed by atoms with Crippen LogP contribution in [0.1, 0.15) is 37.3 Å². The zero-order valence-corrected chi connectivity index (χ0v) is 10.6. The Labute approximate surface area is 104 Å². The lowest BCUT2D eigenvalue weighted by Crippen LogP contribution is -2.31. The van der Waals surface area contributed by atoms with Crippen molar-refractivity contribution in [2.24, 2.45) is 11.8 Å². The van der Waals surface area contributed by atoms with E-state index in [1.165, 1.54) is 25.3 Å². The molecular weight excluding hydrogens is 271 g/mol.